The van der Waals surface area contributed by atoms with Crippen molar-refractivity contribution in [2.45, 2.75) is 18.5 Å². The summed E-state index contributed by atoms with van der Waals surface area (Å²) in [6.45, 7) is 0.351. The van der Waals surface area contributed by atoms with Crippen LogP contribution >= 0.6 is 35.0 Å². The molecule has 0 saturated heterocycles. The van der Waals surface area contributed by atoms with E-state index in [1.54, 1.807) is 11.8 Å². The van der Waals surface area contributed by atoms with Crippen LogP contribution in [0.3, 0.4) is 0 Å². The normalized spacial score (nSPS) is 16.2. The minimum absolute atomic E-state index is 0.314. The average molecular weight is 392 g/mol. The Bertz CT molecular complexity index is 928. The quantitative estimate of drug-likeness (QED) is 0.625. The van der Waals surface area contributed by atoms with E-state index in [9.17, 15) is 0 Å². The lowest BCUT2D eigenvalue weighted by Gasteiger charge is -2.20. The molecule has 1 aromatic heterocycles. The molecule has 0 N–H and O–H groups in total. The van der Waals surface area contributed by atoms with Gasteiger partial charge in [-0.1, -0.05) is 41.4 Å². The van der Waals surface area contributed by atoms with Crippen molar-refractivity contribution in [3.05, 3.63) is 75.3 Å². The molecule has 2 aromatic carbocycles. The van der Waals surface area contributed by atoms with Gasteiger partial charge < -0.3 is 4.74 Å². The zero-order valence-electron chi connectivity index (χ0n) is 13.4. The standard InChI is InChI=1S/C18H15Cl2N3OS/c1-25-10-17-22-21-16-9-24-18(12-4-2-3-5-14(12)20)13-8-11(19)6-7-15(13)23(16)17/h2-8,18H,9-10H2,1H3. The molecule has 25 heavy (non-hydrogen) atoms. The molecule has 4 rings (SSSR count). The number of ether oxygens (including phenoxy) is 1. The van der Waals surface area contributed by atoms with E-state index in [-0.39, 0.29) is 6.10 Å². The van der Waals surface area contributed by atoms with E-state index in [0.717, 1.165) is 34.2 Å². The number of fused-ring (bicyclic) bond motifs is 3. The Labute approximate surface area is 160 Å². The van der Waals surface area contributed by atoms with Gasteiger partial charge in [-0.2, -0.15) is 11.8 Å². The zero-order valence-corrected chi connectivity index (χ0v) is 15.8. The van der Waals surface area contributed by atoms with Gasteiger partial charge in [0, 0.05) is 21.2 Å². The summed E-state index contributed by atoms with van der Waals surface area (Å²) in [6.07, 6.45) is 1.73. The van der Waals surface area contributed by atoms with Gasteiger partial charge in [0.2, 0.25) is 0 Å². The minimum atomic E-state index is -0.314. The van der Waals surface area contributed by atoms with Crippen LogP contribution in [-0.2, 0) is 17.1 Å². The van der Waals surface area contributed by atoms with Gasteiger partial charge in [0.15, 0.2) is 5.82 Å². The monoisotopic (exact) mass is 391 g/mol. The van der Waals surface area contributed by atoms with E-state index in [1.807, 2.05) is 48.7 Å². The zero-order chi connectivity index (χ0) is 17.4. The van der Waals surface area contributed by atoms with Gasteiger partial charge in [-0.25, -0.2) is 0 Å². The molecule has 1 atom stereocenters. The second-order valence-corrected chi connectivity index (χ2v) is 7.43. The first-order chi connectivity index (χ1) is 12.2. The molecule has 0 bridgehead atoms. The minimum Gasteiger partial charge on any atom is -0.361 e. The van der Waals surface area contributed by atoms with Gasteiger partial charge in [-0.15, -0.1) is 10.2 Å². The fraction of sp³-hybridized carbons (Fsp3) is 0.222. The Kier molecular flexibility index (Phi) is 4.73. The topological polar surface area (TPSA) is 39.9 Å². The first kappa shape index (κ1) is 16.9. The number of rotatable bonds is 3. The summed E-state index contributed by atoms with van der Waals surface area (Å²) in [5.41, 5.74) is 2.86. The molecule has 0 fully saturated rings. The molecule has 1 aliphatic rings. The van der Waals surface area contributed by atoms with Crippen LogP contribution in [0.4, 0.5) is 0 Å². The van der Waals surface area contributed by atoms with Gasteiger partial charge in [-0.3, -0.25) is 4.57 Å². The second kappa shape index (κ2) is 7.00. The summed E-state index contributed by atoms with van der Waals surface area (Å²) in [5, 5.41) is 9.96. The van der Waals surface area contributed by atoms with E-state index < -0.39 is 0 Å². The summed E-state index contributed by atoms with van der Waals surface area (Å²) in [4.78, 5) is 0. The number of hydrogen-bond acceptors (Lipinski definition) is 4. The maximum Gasteiger partial charge on any atom is 0.163 e. The molecule has 0 amide bonds. The molecule has 7 heteroatoms. The SMILES string of the molecule is CSCc1nnc2n1-c1ccc(Cl)cc1C(c1ccccc1Cl)OC2. The molecule has 0 spiro atoms. The number of nitrogens with zero attached hydrogens (tertiary/aromatic N) is 3. The van der Waals surface area contributed by atoms with Crippen LogP contribution in [0.5, 0.6) is 0 Å². The molecule has 1 unspecified atom stereocenters. The van der Waals surface area contributed by atoms with Crippen LogP contribution in [0, 0.1) is 0 Å². The number of aromatic nitrogens is 3. The second-order valence-electron chi connectivity index (χ2n) is 5.72. The van der Waals surface area contributed by atoms with Crippen molar-refractivity contribution in [2.24, 2.45) is 0 Å². The van der Waals surface area contributed by atoms with Crippen molar-refractivity contribution in [1.29, 1.82) is 0 Å². The Morgan fingerprint density at radius 3 is 2.80 bits per heavy atom. The summed E-state index contributed by atoms with van der Waals surface area (Å²) >= 11 is 14.4. The van der Waals surface area contributed by atoms with E-state index in [2.05, 4.69) is 14.8 Å². The average Bonchev–Trinajstić information content (AvgIpc) is 2.92. The van der Waals surface area contributed by atoms with Crippen LogP contribution in [-0.4, -0.2) is 21.0 Å². The maximum atomic E-state index is 6.43. The van der Waals surface area contributed by atoms with Crippen molar-refractivity contribution < 1.29 is 4.74 Å². The Balaban J connectivity index is 1.93. The van der Waals surface area contributed by atoms with Gasteiger partial charge in [-0.05, 0) is 30.5 Å². The first-order valence-electron chi connectivity index (χ1n) is 7.77. The molecule has 128 valence electrons. The van der Waals surface area contributed by atoms with E-state index >= 15 is 0 Å². The highest BCUT2D eigenvalue weighted by Gasteiger charge is 2.28. The molecule has 0 aliphatic carbocycles. The molecule has 0 radical (unpaired) electrons. The largest absolute Gasteiger partial charge is 0.361 e. The van der Waals surface area contributed by atoms with Crippen LogP contribution in [0.1, 0.15) is 28.9 Å². The van der Waals surface area contributed by atoms with Crippen molar-refractivity contribution in [3.63, 3.8) is 0 Å². The number of halogens is 2. The third kappa shape index (κ3) is 3.06. The van der Waals surface area contributed by atoms with Crippen LogP contribution < -0.4 is 0 Å². The number of thioether (sulfide) groups is 1. The predicted molar refractivity (Wildman–Crippen MR) is 102 cm³/mol. The molecule has 2 heterocycles. The van der Waals surface area contributed by atoms with Gasteiger partial charge in [0.05, 0.1) is 11.4 Å². The summed E-state index contributed by atoms with van der Waals surface area (Å²) in [7, 11) is 0. The lowest BCUT2D eigenvalue weighted by Crippen LogP contribution is -2.08. The molecule has 1 aliphatic heterocycles. The van der Waals surface area contributed by atoms with Crippen LogP contribution in [0.15, 0.2) is 42.5 Å². The maximum absolute atomic E-state index is 6.43. The lowest BCUT2D eigenvalue weighted by atomic mass is 9.99. The lowest BCUT2D eigenvalue weighted by molar-refractivity contribution is 0.0655. The smallest absolute Gasteiger partial charge is 0.163 e. The first-order valence-corrected chi connectivity index (χ1v) is 9.92. The molecular formula is C18H15Cl2N3OS. The predicted octanol–water partition coefficient (Wildman–Crippen LogP) is 5.06. The third-order valence-electron chi connectivity index (χ3n) is 4.15. The van der Waals surface area contributed by atoms with Gasteiger partial charge in [0.25, 0.3) is 0 Å². The van der Waals surface area contributed by atoms with Gasteiger partial charge in [0.1, 0.15) is 18.5 Å². The molecule has 3 aromatic rings. The highest BCUT2D eigenvalue weighted by molar-refractivity contribution is 7.97. The summed E-state index contributed by atoms with van der Waals surface area (Å²) in [6, 6.07) is 13.5. The van der Waals surface area contributed by atoms with E-state index in [0.29, 0.717) is 16.7 Å². The highest BCUT2D eigenvalue weighted by atomic mass is 35.5. The van der Waals surface area contributed by atoms with Crippen molar-refractivity contribution in [3.8, 4) is 5.69 Å². The van der Waals surface area contributed by atoms with Gasteiger partial charge >= 0.3 is 0 Å². The number of hydrogen-bond donors (Lipinski definition) is 0. The van der Waals surface area contributed by atoms with E-state index in [4.69, 9.17) is 27.9 Å². The molecular weight excluding hydrogens is 377 g/mol. The summed E-state index contributed by atoms with van der Waals surface area (Å²) < 4.78 is 8.26. The Morgan fingerprint density at radius 2 is 2.00 bits per heavy atom. The van der Waals surface area contributed by atoms with Crippen LogP contribution in [0.25, 0.3) is 5.69 Å². The molecule has 0 saturated carbocycles. The number of benzene rings is 2. The van der Waals surface area contributed by atoms with Crippen LogP contribution in [0.2, 0.25) is 10.0 Å². The Hall–Kier alpha value is -1.53. The third-order valence-corrected chi connectivity index (χ3v) is 5.28. The fourth-order valence-corrected chi connectivity index (χ4v) is 3.94. The van der Waals surface area contributed by atoms with Crippen molar-refractivity contribution in [2.75, 3.05) is 6.26 Å². The highest BCUT2D eigenvalue weighted by Crippen LogP contribution is 2.39. The van der Waals surface area contributed by atoms with Crippen molar-refractivity contribution >= 4 is 35.0 Å². The fourth-order valence-electron chi connectivity index (χ4n) is 3.08. The van der Waals surface area contributed by atoms with Crippen molar-refractivity contribution in [1.82, 2.24) is 14.8 Å². The van der Waals surface area contributed by atoms with E-state index in [1.165, 1.54) is 0 Å². The molecule has 4 nitrogen and oxygen atoms in total. The summed E-state index contributed by atoms with van der Waals surface area (Å²) in [5.74, 6) is 2.45. The Morgan fingerprint density at radius 1 is 1.16 bits per heavy atom.